The topological polar surface area (TPSA) is 34.6 Å². The minimum Gasteiger partial charge on any atom is -0.486 e. The van der Waals surface area contributed by atoms with Crippen molar-refractivity contribution in [2.24, 2.45) is 0 Å². The number of morpholine rings is 1. The van der Waals surface area contributed by atoms with Crippen LogP contribution >= 0.6 is 0 Å². The molecule has 4 nitrogen and oxygen atoms in total. The molecule has 1 aliphatic heterocycles. The van der Waals surface area contributed by atoms with Gasteiger partial charge in [0, 0.05) is 19.3 Å². The Morgan fingerprint density at radius 3 is 3.31 bits per heavy atom. The molecule has 0 spiro atoms. The Balaban J connectivity index is 1.85. The van der Waals surface area contributed by atoms with E-state index in [0.29, 0.717) is 13.2 Å². The maximum Gasteiger partial charge on any atom is 0.255 e. The van der Waals surface area contributed by atoms with Crippen LogP contribution in [0.1, 0.15) is 0 Å². The number of rotatable bonds is 3. The van der Waals surface area contributed by atoms with Crippen LogP contribution in [0.4, 0.5) is 4.39 Å². The van der Waals surface area contributed by atoms with E-state index in [1.807, 2.05) is 7.05 Å². The van der Waals surface area contributed by atoms with Gasteiger partial charge in [-0.05, 0) is 19.2 Å². The summed E-state index contributed by atoms with van der Waals surface area (Å²) in [5, 5.41) is 0. The first kappa shape index (κ1) is 11.3. The molecule has 1 aromatic rings. The Hall–Kier alpha value is -1.20. The van der Waals surface area contributed by atoms with Crippen molar-refractivity contribution in [1.82, 2.24) is 9.88 Å². The van der Waals surface area contributed by atoms with Crippen LogP contribution in [-0.2, 0) is 4.74 Å². The number of pyridine rings is 1. The summed E-state index contributed by atoms with van der Waals surface area (Å²) in [5.74, 6) is -0.397. The SMILES string of the molecule is CN1CCOC(COc2cccnc2F)C1. The predicted molar refractivity (Wildman–Crippen MR) is 56.9 cm³/mol. The third-order valence-electron chi connectivity index (χ3n) is 2.49. The number of ether oxygens (including phenoxy) is 2. The van der Waals surface area contributed by atoms with Crippen molar-refractivity contribution < 1.29 is 13.9 Å². The van der Waals surface area contributed by atoms with Crippen LogP contribution in [0.3, 0.4) is 0 Å². The smallest absolute Gasteiger partial charge is 0.255 e. The highest BCUT2D eigenvalue weighted by molar-refractivity contribution is 5.17. The summed E-state index contributed by atoms with van der Waals surface area (Å²) in [6.45, 7) is 2.78. The number of hydrogen-bond donors (Lipinski definition) is 0. The summed E-state index contributed by atoms with van der Waals surface area (Å²) in [6, 6.07) is 3.21. The molecule has 0 aromatic carbocycles. The van der Waals surface area contributed by atoms with Gasteiger partial charge in [0.05, 0.1) is 6.61 Å². The van der Waals surface area contributed by atoms with E-state index in [1.54, 1.807) is 12.1 Å². The zero-order chi connectivity index (χ0) is 11.4. The van der Waals surface area contributed by atoms with Gasteiger partial charge in [-0.15, -0.1) is 0 Å². The highest BCUT2D eigenvalue weighted by Gasteiger charge is 2.18. The van der Waals surface area contributed by atoms with Crippen molar-refractivity contribution in [3.05, 3.63) is 24.3 Å². The largest absolute Gasteiger partial charge is 0.486 e. The number of likely N-dealkylation sites (N-methyl/N-ethyl adjacent to an activating group) is 1. The third kappa shape index (κ3) is 2.90. The molecule has 1 aromatic heterocycles. The van der Waals surface area contributed by atoms with Gasteiger partial charge in [0.15, 0.2) is 5.75 Å². The summed E-state index contributed by atoms with van der Waals surface area (Å²) < 4.78 is 24.0. The van der Waals surface area contributed by atoms with Gasteiger partial charge in [-0.2, -0.15) is 4.39 Å². The molecule has 0 amide bonds. The van der Waals surface area contributed by atoms with Gasteiger partial charge in [-0.25, -0.2) is 4.98 Å². The van der Waals surface area contributed by atoms with Gasteiger partial charge in [-0.1, -0.05) is 0 Å². The molecular formula is C11H15FN2O2. The van der Waals surface area contributed by atoms with E-state index >= 15 is 0 Å². The molecule has 0 saturated carbocycles. The van der Waals surface area contributed by atoms with Gasteiger partial charge in [0.25, 0.3) is 5.95 Å². The summed E-state index contributed by atoms with van der Waals surface area (Å²) in [7, 11) is 2.03. The van der Waals surface area contributed by atoms with E-state index in [9.17, 15) is 4.39 Å². The van der Waals surface area contributed by atoms with Crippen LogP contribution in [0.15, 0.2) is 18.3 Å². The van der Waals surface area contributed by atoms with Crippen molar-refractivity contribution in [3.8, 4) is 5.75 Å². The maximum atomic E-state index is 13.1. The van der Waals surface area contributed by atoms with Crippen molar-refractivity contribution in [2.45, 2.75) is 6.10 Å². The zero-order valence-electron chi connectivity index (χ0n) is 9.23. The molecule has 2 rings (SSSR count). The second-order valence-electron chi connectivity index (χ2n) is 3.86. The molecule has 1 aliphatic rings. The minimum absolute atomic E-state index is 0.00152. The monoisotopic (exact) mass is 226 g/mol. The van der Waals surface area contributed by atoms with Gasteiger partial charge in [0.2, 0.25) is 0 Å². The van der Waals surface area contributed by atoms with Crippen LogP contribution in [0.2, 0.25) is 0 Å². The fourth-order valence-electron chi connectivity index (χ4n) is 1.63. The molecule has 0 aliphatic carbocycles. The van der Waals surface area contributed by atoms with Crippen LogP contribution < -0.4 is 4.74 Å². The molecule has 0 N–H and O–H groups in total. The quantitative estimate of drug-likeness (QED) is 0.718. The van der Waals surface area contributed by atoms with E-state index in [-0.39, 0.29) is 11.9 Å². The van der Waals surface area contributed by atoms with Crippen molar-refractivity contribution >= 4 is 0 Å². The average molecular weight is 226 g/mol. The molecule has 5 heteroatoms. The number of halogens is 1. The lowest BCUT2D eigenvalue weighted by molar-refractivity contribution is -0.0409. The van der Waals surface area contributed by atoms with Crippen LogP contribution in [-0.4, -0.2) is 49.3 Å². The fraction of sp³-hybridized carbons (Fsp3) is 0.545. The van der Waals surface area contributed by atoms with Crippen LogP contribution in [0.25, 0.3) is 0 Å². The summed E-state index contributed by atoms with van der Waals surface area (Å²) >= 11 is 0. The Labute approximate surface area is 94.0 Å². The molecular weight excluding hydrogens is 211 g/mol. The number of hydrogen-bond acceptors (Lipinski definition) is 4. The lowest BCUT2D eigenvalue weighted by atomic mass is 10.3. The fourth-order valence-corrected chi connectivity index (χ4v) is 1.63. The average Bonchev–Trinajstić information content (AvgIpc) is 2.28. The normalized spacial score (nSPS) is 22.0. The third-order valence-corrected chi connectivity index (χ3v) is 2.49. The van der Waals surface area contributed by atoms with Crippen molar-refractivity contribution in [2.75, 3.05) is 33.4 Å². The Morgan fingerprint density at radius 2 is 2.56 bits per heavy atom. The molecule has 1 unspecified atom stereocenters. The number of nitrogens with zero attached hydrogens (tertiary/aromatic N) is 2. The molecule has 0 bridgehead atoms. The molecule has 1 atom stereocenters. The lowest BCUT2D eigenvalue weighted by Crippen LogP contribution is -2.42. The molecule has 1 fully saturated rings. The second-order valence-corrected chi connectivity index (χ2v) is 3.86. The number of aromatic nitrogens is 1. The Bertz CT molecular complexity index is 349. The van der Waals surface area contributed by atoms with Crippen molar-refractivity contribution in [1.29, 1.82) is 0 Å². The summed E-state index contributed by atoms with van der Waals surface area (Å²) in [5.41, 5.74) is 0. The van der Waals surface area contributed by atoms with E-state index in [0.717, 1.165) is 13.1 Å². The first-order valence-electron chi connectivity index (χ1n) is 5.29. The standard InChI is InChI=1S/C11H15FN2O2/c1-14-5-6-15-9(7-14)8-16-10-3-2-4-13-11(10)12/h2-4,9H,5-8H2,1H3. The molecule has 0 radical (unpaired) electrons. The lowest BCUT2D eigenvalue weighted by Gasteiger charge is -2.29. The van der Waals surface area contributed by atoms with Crippen LogP contribution in [0, 0.1) is 5.95 Å². The van der Waals surface area contributed by atoms with E-state index < -0.39 is 5.95 Å². The summed E-state index contributed by atoms with van der Waals surface area (Å²) in [4.78, 5) is 5.68. The molecule has 2 heterocycles. The molecule has 88 valence electrons. The van der Waals surface area contributed by atoms with E-state index in [1.165, 1.54) is 6.20 Å². The van der Waals surface area contributed by atoms with Gasteiger partial charge >= 0.3 is 0 Å². The first-order valence-corrected chi connectivity index (χ1v) is 5.29. The van der Waals surface area contributed by atoms with Crippen molar-refractivity contribution in [3.63, 3.8) is 0 Å². The second kappa shape index (κ2) is 5.23. The van der Waals surface area contributed by atoms with E-state index in [2.05, 4.69) is 9.88 Å². The van der Waals surface area contributed by atoms with Gasteiger partial charge in [0.1, 0.15) is 12.7 Å². The van der Waals surface area contributed by atoms with Gasteiger partial charge < -0.3 is 14.4 Å². The minimum atomic E-state index is -0.577. The molecule has 1 saturated heterocycles. The predicted octanol–water partition coefficient (Wildman–Crippen LogP) is 0.930. The van der Waals surface area contributed by atoms with Gasteiger partial charge in [-0.3, -0.25) is 0 Å². The summed E-state index contributed by atoms with van der Waals surface area (Å²) in [6.07, 6.45) is 1.39. The van der Waals surface area contributed by atoms with Crippen LogP contribution in [0.5, 0.6) is 5.75 Å². The highest BCUT2D eigenvalue weighted by atomic mass is 19.1. The zero-order valence-corrected chi connectivity index (χ0v) is 9.23. The first-order chi connectivity index (χ1) is 7.75. The Morgan fingerprint density at radius 1 is 1.69 bits per heavy atom. The highest BCUT2D eigenvalue weighted by Crippen LogP contribution is 2.14. The maximum absolute atomic E-state index is 13.1. The Kier molecular flexibility index (Phi) is 3.69. The van der Waals surface area contributed by atoms with E-state index in [4.69, 9.17) is 9.47 Å². The molecule has 16 heavy (non-hydrogen) atoms.